The maximum Gasteiger partial charge on any atom is 0.0606 e. The third-order valence-corrected chi connectivity index (χ3v) is 3.14. The van der Waals surface area contributed by atoms with Gasteiger partial charge in [0.15, 0.2) is 0 Å². The molecule has 108 valence electrons. The molecular weight excluding hydrogens is 236 g/mol. The molecule has 0 aromatic heterocycles. The first-order chi connectivity index (χ1) is 8.87. The molecule has 1 rings (SSSR count). The van der Waals surface area contributed by atoms with Gasteiger partial charge < -0.3 is 15.3 Å². The van der Waals surface area contributed by atoms with E-state index in [1.165, 1.54) is 16.8 Å². The number of aliphatic hydroxyl groups is 1. The van der Waals surface area contributed by atoms with Gasteiger partial charge >= 0.3 is 0 Å². The zero-order valence-corrected chi connectivity index (χ0v) is 13.0. The molecule has 2 N–H and O–H groups in total. The summed E-state index contributed by atoms with van der Waals surface area (Å²) in [4.78, 5) is 2.22. The van der Waals surface area contributed by atoms with Gasteiger partial charge in [-0.3, -0.25) is 0 Å². The first-order valence-corrected chi connectivity index (χ1v) is 7.07. The Kier molecular flexibility index (Phi) is 5.83. The fourth-order valence-corrected chi connectivity index (χ4v) is 2.09. The van der Waals surface area contributed by atoms with Gasteiger partial charge in [0.1, 0.15) is 0 Å². The monoisotopic (exact) mass is 264 g/mol. The van der Waals surface area contributed by atoms with Crippen molar-refractivity contribution in [1.82, 2.24) is 5.32 Å². The van der Waals surface area contributed by atoms with Gasteiger partial charge in [0, 0.05) is 30.9 Å². The van der Waals surface area contributed by atoms with Crippen LogP contribution in [0.15, 0.2) is 18.2 Å². The standard InChI is InChI=1S/C16H28N2O/c1-6-18(9-10-19)15-8-7-13(2)11-14(15)12-17-16(3,4)5/h7-8,11,17,19H,6,9-10,12H2,1-5H3. The molecule has 0 aliphatic heterocycles. The van der Waals surface area contributed by atoms with Crippen LogP contribution >= 0.6 is 0 Å². The number of benzene rings is 1. The minimum atomic E-state index is 0.106. The molecule has 1 aromatic rings. The van der Waals surface area contributed by atoms with Crippen molar-refractivity contribution < 1.29 is 5.11 Å². The number of aryl methyl sites for hydroxylation is 1. The molecule has 0 saturated carbocycles. The van der Waals surface area contributed by atoms with E-state index < -0.39 is 0 Å². The third kappa shape index (κ3) is 5.21. The van der Waals surface area contributed by atoms with E-state index >= 15 is 0 Å². The topological polar surface area (TPSA) is 35.5 Å². The summed E-state index contributed by atoms with van der Waals surface area (Å²) in [6.45, 7) is 13.4. The van der Waals surface area contributed by atoms with Crippen molar-refractivity contribution in [1.29, 1.82) is 0 Å². The van der Waals surface area contributed by atoms with Gasteiger partial charge in [-0.1, -0.05) is 17.7 Å². The van der Waals surface area contributed by atoms with E-state index in [-0.39, 0.29) is 12.1 Å². The Morgan fingerprint density at radius 1 is 1.26 bits per heavy atom. The molecule has 1 aromatic carbocycles. The molecule has 0 saturated heterocycles. The highest BCUT2D eigenvalue weighted by Crippen LogP contribution is 2.22. The predicted molar refractivity (Wildman–Crippen MR) is 82.7 cm³/mol. The number of hydrogen-bond donors (Lipinski definition) is 2. The fourth-order valence-electron chi connectivity index (χ4n) is 2.09. The Morgan fingerprint density at radius 3 is 2.47 bits per heavy atom. The van der Waals surface area contributed by atoms with Crippen molar-refractivity contribution in [3.8, 4) is 0 Å². The Labute approximate surface area is 117 Å². The highest BCUT2D eigenvalue weighted by atomic mass is 16.3. The zero-order chi connectivity index (χ0) is 14.5. The van der Waals surface area contributed by atoms with Crippen molar-refractivity contribution in [2.45, 2.75) is 46.7 Å². The number of nitrogens with one attached hydrogen (secondary N) is 1. The molecule has 3 nitrogen and oxygen atoms in total. The fraction of sp³-hybridized carbons (Fsp3) is 0.625. The van der Waals surface area contributed by atoms with Gasteiger partial charge in [-0.15, -0.1) is 0 Å². The molecular formula is C16H28N2O. The molecule has 19 heavy (non-hydrogen) atoms. The molecule has 0 unspecified atom stereocenters. The summed E-state index contributed by atoms with van der Waals surface area (Å²) in [5, 5.41) is 12.7. The van der Waals surface area contributed by atoms with E-state index in [4.69, 9.17) is 0 Å². The molecule has 0 aliphatic rings. The Bertz CT molecular complexity index is 396. The van der Waals surface area contributed by atoms with Gasteiger partial charge in [-0.25, -0.2) is 0 Å². The third-order valence-electron chi connectivity index (χ3n) is 3.14. The predicted octanol–water partition coefficient (Wildman–Crippen LogP) is 2.70. The Hall–Kier alpha value is -1.06. The van der Waals surface area contributed by atoms with Crippen molar-refractivity contribution in [2.75, 3.05) is 24.6 Å². The second-order valence-corrected chi connectivity index (χ2v) is 6.04. The van der Waals surface area contributed by atoms with Gasteiger partial charge in [-0.05, 0) is 46.2 Å². The molecule has 0 fully saturated rings. The van der Waals surface area contributed by atoms with Crippen molar-refractivity contribution in [3.63, 3.8) is 0 Å². The van der Waals surface area contributed by atoms with Crippen LogP contribution in [0.25, 0.3) is 0 Å². The van der Waals surface area contributed by atoms with Gasteiger partial charge in [0.05, 0.1) is 6.61 Å². The summed E-state index contributed by atoms with van der Waals surface area (Å²) in [6.07, 6.45) is 0. The molecule has 0 heterocycles. The van der Waals surface area contributed by atoms with Crippen LogP contribution in [0.5, 0.6) is 0 Å². The SMILES string of the molecule is CCN(CCO)c1ccc(C)cc1CNC(C)(C)C. The van der Waals surface area contributed by atoms with Crippen LogP contribution in [0.4, 0.5) is 5.69 Å². The quantitative estimate of drug-likeness (QED) is 0.829. The number of nitrogens with zero attached hydrogens (tertiary/aromatic N) is 1. The highest BCUT2D eigenvalue weighted by molar-refractivity contribution is 5.55. The summed E-state index contributed by atoms with van der Waals surface area (Å²) in [5.74, 6) is 0. The van der Waals surface area contributed by atoms with Gasteiger partial charge in [0.25, 0.3) is 0 Å². The van der Waals surface area contributed by atoms with Gasteiger partial charge in [-0.2, -0.15) is 0 Å². The summed E-state index contributed by atoms with van der Waals surface area (Å²) >= 11 is 0. The Balaban J connectivity index is 2.96. The van der Waals surface area contributed by atoms with E-state index in [2.05, 4.69) is 63.0 Å². The molecule has 0 atom stereocenters. The largest absolute Gasteiger partial charge is 0.395 e. The van der Waals surface area contributed by atoms with Crippen molar-refractivity contribution in [2.24, 2.45) is 0 Å². The summed E-state index contributed by atoms with van der Waals surface area (Å²) in [5.41, 5.74) is 3.90. The number of likely N-dealkylation sites (N-methyl/N-ethyl adjacent to an activating group) is 1. The Morgan fingerprint density at radius 2 is 1.95 bits per heavy atom. The van der Waals surface area contributed by atoms with E-state index in [9.17, 15) is 5.11 Å². The van der Waals surface area contributed by atoms with Crippen LogP contribution in [-0.4, -0.2) is 30.3 Å². The lowest BCUT2D eigenvalue weighted by Gasteiger charge is -2.27. The average Bonchev–Trinajstić information content (AvgIpc) is 2.33. The summed E-state index contributed by atoms with van der Waals surface area (Å²) in [6, 6.07) is 6.53. The minimum absolute atomic E-state index is 0.106. The molecule has 3 heteroatoms. The maximum atomic E-state index is 9.18. The van der Waals surface area contributed by atoms with Crippen LogP contribution in [0.2, 0.25) is 0 Å². The average molecular weight is 264 g/mol. The lowest BCUT2D eigenvalue weighted by molar-refractivity contribution is 0.302. The first kappa shape index (κ1) is 16.0. The number of anilines is 1. The second kappa shape index (κ2) is 6.92. The molecule has 0 spiro atoms. The second-order valence-electron chi connectivity index (χ2n) is 6.04. The molecule has 0 bridgehead atoms. The smallest absolute Gasteiger partial charge is 0.0606 e. The van der Waals surface area contributed by atoms with Crippen LogP contribution in [-0.2, 0) is 6.54 Å². The summed E-state index contributed by atoms with van der Waals surface area (Å²) in [7, 11) is 0. The van der Waals surface area contributed by atoms with Crippen LogP contribution in [0, 0.1) is 6.92 Å². The van der Waals surface area contributed by atoms with Gasteiger partial charge in [0.2, 0.25) is 0 Å². The van der Waals surface area contributed by atoms with Crippen LogP contribution in [0.3, 0.4) is 0 Å². The molecule has 0 amide bonds. The maximum absolute atomic E-state index is 9.18. The number of hydrogen-bond acceptors (Lipinski definition) is 3. The summed E-state index contributed by atoms with van der Waals surface area (Å²) < 4.78 is 0. The number of aliphatic hydroxyl groups excluding tert-OH is 1. The van der Waals surface area contributed by atoms with Crippen molar-refractivity contribution in [3.05, 3.63) is 29.3 Å². The minimum Gasteiger partial charge on any atom is -0.395 e. The molecule has 0 radical (unpaired) electrons. The van der Waals surface area contributed by atoms with E-state index in [1.54, 1.807) is 0 Å². The van der Waals surface area contributed by atoms with E-state index in [1.807, 2.05) is 0 Å². The van der Waals surface area contributed by atoms with Crippen LogP contribution < -0.4 is 10.2 Å². The number of rotatable bonds is 6. The van der Waals surface area contributed by atoms with Crippen molar-refractivity contribution >= 4 is 5.69 Å². The normalized spacial score (nSPS) is 11.7. The lowest BCUT2D eigenvalue weighted by atomic mass is 10.0. The highest BCUT2D eigenvalue weighted by Gasteiger charge is 2.13. The first-order valence-electron chi connectivity index (χ1n) is 7.07. The zero-order valence-electron chi connectivity index (χ0n) is 13.0. The van der Waals surface area contributed by atoms with E-state index in [0.29, 0.717) is 6.54 Å². The van der Waals surface area contributed by atoms with E-state index in [0.717, 1.165) is 13.1 Å². The lowest BCUT2D eigenvalue weighted by Crippen LogP contribution is -2.36. The van der Waals surface area contributed by atoms with Crippen LogP contribution in [0.1, 0.15) is 38.8 Å². The molecule has 0 aliphatic carbocycles.